The van der Waals surface area contributed by atoms with Crippen molar-refractivity contribution in [2.24, 2.45) is 17.3 Å². The molecule has 1 saturated carbocycles. The van der Waals surface area contributed by atoms with Gasteiger partial charge in [-0.3, -0.25) is 4.79 Å². The van der Waals surface area contributed by atoms with Crippen LogP contribution in [0.5, 0.6) is 0 Å². The van der Waals surface area contributed by atoms with Crippen LogP contribution in [0, 0.1) is 17.3 Å². The monoisotopic (exact) mass is 222 g/mol. The van der Waals surface area contributed by atoms with Crippen molar-refractivity contribution in [2.75, 3.05) is 19.6 Å². The van der Waals surface area contributed by atoms with Crippen LogP contribution in [0.15, 0.2) is 0 Å². The largest absolute Gasteiger partial charge is 0.341 e. The first-order valence-electron chi connectivity index (χ1n) is 6.63. The third-order valence-electron chi connectivity index (χ3n) is 5.04. The predicted octanol–water partition coefficient (Wildman–Crippen LogP) is 1.24. The summed E-state index contributed by atoms with van der Waals surface area (Å²) in [6.45, 7) is 7.71. The topological polar surface area (TPSA) is 32.3 Å². The Labute approximate surface area is 97.6 Å². The molecule has 90 valence electrons. The highest BCUT2D eigenvalue weighted by Crippen LogP contribution is 2.61. The first kappa shape index (κ1) is 10.6. The Morgan fingerprint density at radius 3 is 2.50 bits per heavy atom. The summed E-state index contributed by atoms with van der Waals surface area (Å²) in [7, 11) is 0. The molecule has 0 aromatic carbocycles. The van der Waals surface area contributed by atoms with Gasteiger partial charge in [0.05, 0.1) is 6.04 Å². The Bertz CT molecular complexity index is 293. The molecule has 2 aliphatic heterocycles. The summed E-state index contributed by atoms with van der Waals surface area (Å²) < 4.78 is 0. The number of hydrogen-bond donors (Lipinski definition) is 1. The van der Waals surface area contributed by atoms with E-state index in [-0.39, 0.29) is 6.04 Å². The number of rotatable bonds is 1. The quantitative estimate of drug-likeness (QED) is 0.724. The van der Waals surface area contributed by atoms with Gasteiger partial charge in [0.15, 0.2) is 0 Å². The van der Waals surface area contributed by atoms with Crippen molar-refractivity contribution in [1.29, 1.82) is 0 Å². The highest BCUT2D eigenvalue weighted by atomic mass is 16.2. The summed E-state index contributed by atoms with van der Waals surface area (Å²) in [5.41, 5.74) is 0.511. The summed E-state index contributed by atoms with van der Waals surface area (Å²) in [5.74, 6) is 1.92. The predicted molar refractivity (Wildman–Crippen MR) is 63.0 cm³/mol. The van der Waals surface area contributed by atoms with E-state index >= 15 is 0 Å². The zero-order chi connectivity index (χ0) is 11.3. The number of carbonyl (C=O) groups excluding carboxylic acids is 1. The van der Waals surface area contributed by atoms with E-state index in [2.05, 4.69) is 24.1 Å². The van der Waals surface area contributed by atoms with Gasteiger partial charge in [-0.2, -0.15) is 0 Å². The van der Waals surface area contributed by atoms with Crippen molar-refractivity contribution in [3.05, 3.63) is 0 Å². The number of nitrogens with zero attached hydrogens (tertiary/aromatic N) is 1. The lowest BCUT2D eigenvalue weighted by molar-refractivity contribution is -0.133. The molecule has 3 nitrogen and oxygen atoms in total. The zero-order valence-corrected chi connectivity index (χ0v) is 10.3. The van der Waals surface area contributed by atoms with Crippen LogP contribution in [-0.4, -0.2) is 36.5 Å². The first-order valence-corrected chi connectivity index (χ1v) is 6.63. The normalized spacial score (nSPS) is 40.6. The summed E-state index contributed by atoms with van der Waals surface area (Å²) in [4.78, 5) is 14.3. The van der Waals surface area contributed by atoms with E-state index in [4.69, 9.17) is 0 Å². The molecule has 0 aromatic rings. The Hall–Kier alpha value is -0.570. The molecule has 1 amide bonds. The summed E-state index contributed by atoms with van der Waals surface area (Å²) in [5, 5.41) is 3.35. The Morgan fingerprint density at radius 1 is 1.25 bits per heavy atom. The first-order chi connectivity index (χ1) is 7.60. The second-order valence-corrected chi connectivity index (χ2v) is 6.28. The molecule has 2 saturated heterocycles. The van der Waals surface area contributed by atoms with Gasteiger partial charge in [-0.25, -0.2) is 0 Å². The van der Waals surface area contributed by atoms with Crippen LogP contribution in [0.1, 0.15) is 33.1 Å². The average molecular weight is 222 g/mol. The van der Waals surface area contributed by atoms with Gasteiger partial charge in [0.25, 0.3) is 0 Å². The van der Waals surface area contributed by atoms with Crippen LogP contribution in [0.2, 0.25) is 0 Å². The molecule has 1 N–H and O–H groups in total. The lowest BCUT2D eigenvalue weighted by Gasteiger charge is -2.29. The molecule has 0 spiro atoms. The third-order valence-corrected chi connectivity index (χ3v) is 5.04. The fourth-order valence-corrected chi connectivity index (χ4v) is 3.59. The minimum atomic E-state index is 0.120. The SMILES string of the molecule is CC1(C)C2CN(C(=O)C3CCCCN3)CC21. The third kappa shape index (κ3) is 1.48. The molecule has 0 aromatic heterocycles. The van der Waals surface area contributed by atoms with Crippen LogP contribution in [0.25, 0.3) is 0 Å². The van der Waals surface area contributed by atoms with E-state index in [1.54, 1.807) is 0 Å². The smallest absolute Gasteiger partial charge is 0.239 e. The van der Waals surface area contributed by atoms with Gasteiger partial charge in [-0.15, -0.1) is 0 Å². The van der Waals surface area contributed by atoms with Crippen molar-refractivity contribution in [3.8, 4) is 0 Å². The molecular weight excluding hydrogens is 200 g/mol. The lowest BCUT2D eigenvalue weighted by atomic mass is 10.0. The van der Waals surface area contributed by atoms with Gasteiger partial charge in [-0.05, 0) is 36.6 Å². The maximum Gasteiger partial charge on any atom is 0.239 e. The molecule has 3 rings (SSSR count). The average Bonchev–Trinajstić information content (AvgIpc) is 2.72. The number of likely N-dealkylation sites (tertiary alicyclic amines) is 1. The molecular formula is C13H22N2O. The highest BCUT2D eigenvalue weighted by molar-refractivity contribution is 5.82. The van der Waals surface area contributed by atoms with E-state index < -0.39 is 0 Å². The number of hydrogen-bond acceptors (Lipinski definition) is 2. The summed E-state index contributed by atoms with van der Waals surface area (Å²) in [6, 6.07) is 0.120. The second kappa shape index (κ2) is 3.46. The van der Waals surface area contributed by atoms with Crippen molar-refractivity contribution in [2.45, 2.75) is 39.2 Å². The zero-order valence-electron chi connectivity index (χ0n) is 10.3. The minimum Gasteiger partial charge on any atom is -0.341 e. The van der Waals surface area contributed by atoms with Crippen molar-refractivity contribution < 1.29 is 4.79 Å². The Morgan fingerprint density at radius 2 is 1.94 bits per heavy atom. The van der Waals surface area contributed by atoms with Gasteiger partial charge < -0.3 is 10.2 Å². The van der Waals surface area contributed by atoms with E-state index in [1.165, 1.54) is 12.8 Å². The summed E-state index contributed by atoms with van der Waals surface area (Å²) >= 11 is 0. The van der Waals surface area contributed by atoms with Gasteiger partial charge in [-0.1, -0.05) is 20.3 Å². The molecule has 3 unspecified atom stereocenters. The van der Waals surface area contributed by atoms with Crippen LogP contribution >= 0.6 is 0 Å². The Balaban J connectivity index is 1.57. The lowest BCUT2D eigenvalue weighted by Crippen LogP contribution is -2.48. The van der Waals surface area contributed by atoms with Crippen molar-refractivity contribution in [3.63, 3.8) is 0 Å². The minimum absolute atomic E-state index is 0.120. The number of carbonyl (C=O) groups is 1. The molecule has 0 bridgehead atoms. The van der Waals surface area contributed by atoms with Crippen LogP contribution < -0.4 is 5.32 Å². The van der Waals surface area contributed by atoms with Gasteiger partial charge >= 0.3 is 0 Å². The molecule has 0 radical (unpaired) electrons. The molecule has 16 heavy (non-hydrogen) atoms. The maximum atomic E-state index is 12.2. The molecule has 3 heteroatoms. The van der Waals surface area contributed by atoms with Gasteiger partial charge in [0.2, 0.25) is 5.91 Å². The highest BCUT2D eigenvalue weighted by Gasteiger charge is 2.62. The maximum absolute atomic E-state index is 12.2. The second-order valence-electron chi connectivity index (χ2n) is 6.28. The van der Waals surface area contributed by atoms with Crippen molar-refractivity contribution >= 4 is 5.91 Å². The summed E-state index contributed by atoms with van der Waals surface area (Å²) in [6.07, 6.45) is 3.46. The number of piperidine rings is 2. The fourth-order valence-electron chi connectivity index (χ4n) is 3.59. The number of fused-ring (bicyclic) bond motifs is 1. The molecule has 3 atom stereocenters. The Kier molecular flexibility index (Phi) is 2.29. The van der Waals surface area contributed by atoms with Crippen LogP contribution in [0.3, 0.4) is 0 Å². The van der Waals surface area contributed by atoms with E-state index in [1.807, 2.05) is 0 Å². The molecule has 3 fully saturated rings. The van der Waals surface area contributed by atoms with Crippen LogP contribution in [0.4, 0.5) is 0 Å². The molecule has 2 heterocycles. The van der Waals surface area contributed by atoms with E-state index in [0.717, 1.165) is 37.9 Å². The molecule has 1 aliphatic carbocycles. The molecule has 3 aliphatic rings. The van der Waals surface area contributed by atoms with Gasteiger partial charge in [0, 0.05) is 13.1 Å². The standard InChI is InChI=1S/C13H22N2O/c1-13(2)9-7-15(8-10(9)13)12(16)11-5-3-4-6-14-11/h9-11,14H,3-8H2,1-2H3. The van der Waals surface area contributed by atoms with Crippen LogP contribution in [-0.2, 0) is 4.79 Å². The number of nitrogens with one attached hydrogen (secondary N) is 1. The van der Waals surface area contributed by atoms with E-state index in [0.29, 0.717) is 11.3 Å². The van der Waals surface area contributed by atoms with Crippen molar-refractivity contribution in [1.82, 2.24) is 10.2 Å². The number of amides is 1. The van der Waals surface area contributed by atoms with Gasteiger partial charge in [0.1, 0.15) is 0 Å². The van der Waals surface area contributed by atoms with E-state index in [9.17, 15) is 4.79 Å². The fraction of sp³-hybridized carbons (Fsp3) is 0.923.